The molecule has 0 atom stereocenters. The zero-order valence-electron chi connectivity index (χ0n) is 6.74. The minimum Gasteiger partial charge on any atom is -0.687 e. The molecule has 0 heterocycles. The van der Waals surface area contributed by atoms with Crippen molar-refractivity contribution >= 4 is 12.0 Å². The van der Waals surface area contributed by atoms with E-state index in [1.807, 2.05) is 12.1 Å². The molecule has 52 valence electrons. The first-order chi connectivity index (χ1) is 4.86. The van der Waals surface area contributed by atoms with Gasteiger partial charge in [-0.1, -0.05) is 24.3 Å². The van der Waals surface area contributed by atoms with Crippen molar-refractivity contribution in [3.05, 3.63) is 35.1 Å². The Balaban J connectivity index is 0.000001000. The monoisotopic (exact) mass is 219 g/mol. The zero-order chi connectivity index (χ0) is 7.40. The molecule has 0 aliphatic heterocycles. The Bertz CT molecular complexity index is 220. The Hall–Kier alpha value is 0.495. The Morgan fingerprint density at radius 1 is 1.27 bits per heavy atom. The number of hydrogen-bond acceptors (Lipinski definition) is 1. The molecule has 0 aliphatic rings. The maximum Gasteiger partial charge on any atom is 1.00 e. The van der Waals surface area contributed by atoms with Gasteiger partial charge in [-0.05, 0) is 0 Å². The maximum absolute atomic E-state index is 10.2. The van der Waals surface area contributed by atoms with E-state index in [0.29, 0.717) is 5.56 Å². The summed E-state index contributed by atoms with van der Waals surface area (Å²) >= 11 is 0. The third-order valence-electron chi connectivity index (χ3n) is 1.29. The van der Waals surface area contributed by atoms with Crippen molar-refractivity contribution in [2.45, 2.75) is 0 Å². The third-order valence-corrected chi connectivity index (χ3v) is 1.29. The van der Waals surface area contributed by atoms with Crippen LogP contribution in [0.5, 0.6) is 0 Å². The second-order valence-corrected chi connectivity index (χ2v) is 1.93. The van der Waals surface area contributed by atoms with Crippen LogP contribution in [0.4, 0.5) is 5.69 Å². The van der Waals surface area contributed by atoms with E-state index in [0.717, 1.165) is 12.0 Å². The van der Waals surface area contributed by atoms with E-state index in [1.54, 1.807) is 19.2 Å². The van der Waals surface area contributed by atoms with Crippen LogP contribution in [0.2, 0.25) is 0 Å². The van der Waals surface area contributed by atoms with Crippen LogP contribution in [0.3, 0.4) is 0 Å². The molecule has 0 spiro atoms. The van der Waals surface area contributed by atoms with Gasteiger partial charge in [-0.15, -0.1) is 12.7 Å². The van der Waals surface area contributed by atoms with Crippen molar-refractivity contribution in [2.75, 3.05) is 7.05 Å². The fourth-order valence-corrected chi connectivity index (χ4v) is 0.702. The predicted molar refractivity (Wildman–Crippen MR) is 40.8 cm³/mol. The summed E-state index contributed by atoms with van der Waals surface area (Å²) in [6.45, 7) is 0. The molecule has 3 heteroatoms. The van der Waals surface area contributed by atoms with E-state index in [2.05, 4.69) is 5.32 Å². The van der Waals surface area contributed by atoms with Crippen molar-refractivity contribution in [3.63, 3.8) is 0 Å². The summed E-state index contributed by atoms with van der Waals surface area (Å²) in [5, 5.41) is 3.93. The molecule has 0 amide bonds. The smallest absolute Gasteiger partial charge is 0.687 e. The summed E-state index contributed by atoms with van der Waals surface area (Å²) in [4.78, 5) is 10.2. The van der Waals surface area contributed by atoms with Gasteiger partial charge >= 0.3 is 58.2 Å². The van der Waals surface area contributed by atoms with Crippen molar-refractivity contribution in [1.82, 2.24) is 0 Å². The summed E-state index contributed by atoms with van der Waals surface area (Å²) in [6, 6.07) is 7.11. The Morgan fingerprint density at radius 2 is 1.82 bits per heavy atom. The van der Waals surface area contributed by atoms with Crippen molar-refractivity contribution in [2.24, 2.45) is 0 Å². The molecule has 0 radical (unpaired) electrons. The first-order valence-corrected chi connectivity index (χ1v) is 3.02. The van der Waals surface area contributed by atoms with Crippen LogP contribution in [0, 0.1) is 0 Å². The van der Waals surface area contributed by atoms with Gasteiger partial charge in [0.1, 0.15) is 6.29 Å². The van der Waals surface area contributed by atoms with Crippen molar-refractivity contribution in [3.8, 4) is 0 Å². The Labute approximate surface area is 115 Å². The predicted octanol–water partition coefficient (Wildman–Crippen LogP) is -0.862. The SMILES string of the molecule is C[N-]c1ccc(C=O)cc1.[Rb+]. The van der Waals surface area contributed by atoms with Crippen LogP contribution in [0.15, 0.2) is 24.3 Å². The minimum absolute atomic E-state index is 0. The van der Waals surface area contributed by atoms with Gasteiger partial charge in [-0.3, -0.25) is 4.79 Å². The van der Waals surface area contributed by atoms with Crippen LogP contribution in [-0.4, -0.2) is 13.3 Å². The number of benzene rings is 1. The molecule has 0 bridgehead atoms. The van der Waals surface area contributed by atoms with Gasteiger partial charge in [0.25, 0.3) is 0 Å². The van der Waals surface area contributed by atoms with Crippen molar-refractivity contribution in [1.29, 1.82) is 0 Å². The number of carbonyl (C=O) groups is 1. The van der Waals surface area contributed by atoms with Crippen LogP contribution in [0.1, 0.15) is 10.4 Å². The van der Waals surface area contributed by atoms with E-state index in [1.165, 1.54) is 0 Å². The topological polar surface area (TPSA) is 31.2 Å². The number of rotatable bonds is 2. The van der Waals surface area contributed by atoms with Gasteiger partial charge in [0, 0.05) is 5.56 Å². The van der Waals surface area contributed by atoms with E-state index in [4.69, 9.17) is 0 Å². The van der Waals surface area contributed by atoms with E-state index < -0.39 is 0 Å². The Morgan fingerprint density at radius 3 is 2.18 bits per heavy atom. The second-order valence-electron chi connectivity index (χ2n) is 1.93. The molecule has 0 N–H and O–H groups in total. The molecule has 11 heavy (non-hydrogen) atoms. The molecular formula is C8H8NORb. The standard InChI is InChI=1S/C8H9NO.Rb/c1-9-8-4-2-7(6-10)3-5-8;/h2-6H,1H3,(H,9,10);/q;+1/p-1. The Kier molecular flexibility index (Phi) is 6.33. The molecule has 0 aromatic heterocycles. The fourth-order valence-electron chi connectivity index (χ4n) is 0.702. The van der Waals surface area contributed by atoms with E-state index >= 15 is 0 Å². The van der Waals surface area contributed by atoms with E-state index in [9.17, 15) is 4.79 Å². The molecule has 0 aliphatic carbocycles. The molecule has 0 saturated carbocycles. The van der Waals surface area contributed by atoms with Gasteiger partial charge < -0.3 is 5.32 Å². The molecular weight excluding hydrogens is 212 g/mol. The maximum atomic E-state index is 10.2. The first-order valence-electron chi connectivity index (χ1n) is 3.02. The van der Waals surface area contributed by atoms with Gasteiger partial charge in [0.15, 0.2) is 0 Å². The molecule has 0 unspecified atom stereocenters. The number of aldehydes is 1. The molecule has 2 nitrogen and oxygen atoms in total. The summed E-state index contributed by atoms with van der Waals surface area (Å²) in [5.41, 5.74) is 1.58. The largest absolute Gasteiger partial charge is 1.00 e. The van der Waals surface area contributed by atoms with Gasteiger partial charge in [0.05, 0.1) is 0 Å². The average molecular weight is 220 g/mol. The number of carbonyl (C=O) groups excluding carboxylic acids is 1. The number of nitrogens with zero attached hydrogens (tertiary/aromatic N) is 1. The fraction of sp³-hybridized carbons (Fsp3) is 0.125. The van der Waals surface area contributed by atoms with Gasteiger partial charge in [0.2, 0.25) is 0 Å². The molecule has 0 fully saturated rings. The van der Waals surface area contributed by atoms with Crippen LogP contribution in [-0.2, 0) is 0 Å². The van der Waals surface area contributed by atoms with Gasteiger partial charge in [-0.25, -0.2) is 0 Å². The zero-order valence-corrected chi connectivity index (χ0v) is 11.7. The molecule has 1 aromatic carbocycles. The molecule has 1 rings (SSSR count). The summed E-state index contributed by atoms with van der Waals surface area (Å²) in [5.74, 6) is 0. The summed E-state index contributed by atoms with van der Waals surface area (Å²) in [7, 11) is 1.72. The second kappa shape index (κ2) is 6.06. The van der Waals surface area contributed by atoms with Gasteiger partial charge in [-0.2, -0.15) is 0 Å². The summed E-state index contributed by atoms with van der Waals surface area (Å²) in [6.07, 6.45) is 0.819. The van der Waals surface area contributed by atoms with E-state index in [-0.39, 0.29) is 58.2 Å². The molecule has 1 aromatic rings. The summed E-state index contributed by atoms with van der Waals surface area (Å²) < 4.78 is 0. The third kappa shape index (κ3) is 3.60. The quantitative estimate of drug-likeness (QED) is 0.596. The molecule has 0 saturated heterocycles. The first kappa shape index (κ1) is 11.5. The van der Waals surface area contributed by atoms with Crippen molar-refractivity contribution < 1.29 is 63.0 Å². The normalized spacial score (nSPS) is 8.09. The van der Waals surface area contributed by atoms with Crippen LogP contribution >= 0.6 is 0 Å². The minimum atomic E-state index is 0. The average Bonchev–Trinajstić information content (AvgIpc) is 2.05. The number of hydrogen-bond donors (Lipinski definition) is 0. The van der Waals surface area contributed by atoms with Crippen LogP contribution < -0.4 is 58.2 Å². The van der Waals surface area contributed by atoms with Crippen LogP contribution in [0.25, 0.3) is 5.32 Å².